The first-order valence-corrected chi connectivity index (χ1v) is 13.0. The number of carbonyl (C=O) groups is 1. The molecule has 1 aliphatic heterocycles. The summed E-state index contributed by atoms with van der Waals surface area (Å²) in [4.78, 5) is 21.5. The molecule has 2 aromatic carbocycles. The molecular formula is C28H28N4OS. The van der Waals surface area contributed by atoms with Crippen molar-refractivity contribution in [1.82, 2.24) is 10.3 Å². The van der Waals surface area contributed by atoms with E-state index in [0.717, 1.165) is 46.6 Å². The van der Waals surface area contributed by atoms with E-state index in [9.17, 15) is 10.1 Å². The number of aromatic nitrogens is 1. The van der Waals surface area contributed by atoms with Gasteiger partial charge in [0.05, 0.1) is 28.7 Å². The molecule has 1 aliphatic carbocycles. The van der Waals surface area contributed by atoms with Crippen molar-refractivity contribution in [3.8, 4) is 17.3 Å². The van der Waals surface area contributed by atoms with Crippen molar-refractivity contribution in [3.05, 3.63) is 77.0 Å². The fourth-order valence-corrected chi connectivity index (χ4v) is 5.75. The average molecular weight is 469 g/mol. The molecule has 5 rings (SSSR count). The van der Waals surface area contributed by atoms with Crippen LogP contribution in [0.25, 0.3) is 11.3 Å². The Morgan fingerprint density at radius 2 is 1.91 bits per heavy atom. The zero-order chi connectivity index (χ0) is 23.7. The molecule has 0 bridgehead atoms. The lowest BCUT2D eigenvalue weighted by Crippen LogP contribution is -2.41. The number of fused-ring (bicyclic) bond motifs is 2. The van der Waals surface area contributed by atoms with Gasteiger partial charge in [0.15, 0.2) is 0 Å². The van der Waals surface area contributed by atoms with Gasteiger partial charge >= 0.3 is 6.03 Å². The van der Waals surface area contributed by atoms with E-state index in [1.165, 1.54) is 17.7 Å². The Hall–Kier alpha value is -3.30. The molecule has 2 amide bonds. The number of amides is 2. The van der Waals surface area contributed by atoms with Crippen molar-refractivity contribution < 1.29 is 4.79 Å². The minimum Gasteiger partial charge on any atom is -0.334 e. The van der Waals surface area contributed by atoms with Gasteiger partial charge in [0.1, 0.15) is 0 Å². The number of rotatable bonds is 4. The first kappa shape index (κ1) is 22.5. The Kier molecular flexibility index (Phi) is 6.05. The maximum absolute atomic E-state index is 13.3. The lowest BCUT2D eigenvalue weighted by Gasteiger charge is -2.24. The van der Waals surface area contributed by atoms with Gasteiger partial charge in [-0.05, 0) is 73.5 Å². The highest BCUT2D eigenvalue weighted by Crippen LogP contribution is 2.50. The molecule has 1 saturated carbocycles. The lowest BCUT2D eigenvalue weighted by atomic mass is 9.84. The monoisotopic (exact) mass is 468 g/mol. The van der Waals surface area contributed by atoms with Crippen molar-refractivity contribution >= 4 is 23.5 Å². The number of carbonyl (C=O) groups excluding carboxylic acids is 1. The maximum Gasteiger partial charge on any atom is 0.322 e. The number of nitriles is 1. The molecule has 1 fully saturated rings. The molecule has 3 aromatic rings. The van der Waals surface area contributed by atoms with E-state index < -0.39 is 0 Å². The Bertz CT molecular complexity index is 1270. The summed E-state index contributed by atoms with van der Waals surface area (Å²) in [6.07, 6.45) is 6.50. The third kappa shape index (κ3) is 4.05. The van der Waals surface area contributed by atoms with Gasteiger partial charge in [-0.3, -0.25) is 4.90 Å². The van der Waals surface area contributed by atoms with Gasteiger partial charge in [-0.2, -0.15) is 5.26 Å². The molecule has 5 nitrogen and oxygen atoms in total. The van der Waals surface area contributed by atoms with Crippen LogP contribution >= 0.6 is 11.8 Å². The summed E-state index contributed by atoms with van der Waals surface area (Å²) >= 11 is 1.71. The van der Waals surface area contributed by atoms with E-state index in [0.29, 0.717) is 18.7 Å². The number of benzene rings is 2. The largest absolute Gasteiger partial charge is 0.334 e. The Morgan fingerprint density at radius 3 is 2.59 bits per heavy atom. The van der Waals surface area contributed by atoms with E-state index in [1.54, 1.807) is 11.8 Å². The van der Waals surface area contributed by atoms with Gasteiger partial charge < -0.3 is 5.32 Å². The minimum absolute atomic E-state index is 0.0663. The van der Waals surface area contributed by atoms with E-state index in [2.05, 4.69) is 48.0 Å². The number of pyridine rings is 1. The zero-order valence-corrected chi connectivity index (χ0v) is 20.4. The summed E-state index contributed by atoms with van der Waals surface area (Å²) in [5.74, 6) is 0. The number of aryl methyl sites for hydroxylation is 1. The molecule has 2 heterocycles. The van der Waals surface area contributed by atoms with Crippen LogP contribution in [0.15, 0.2) is 59.5 Å². The zero-order valence-electron chi connectivity index (χ0n) is 19.6. The number of thioether (sulfide) groups is 1. The van der Waals surface area contributed by atoms with E-state index in [-0.39, 0.29) is 11.4 Å². The first-order valence-electron chi connectivity index (χ1n) is 11.7. The quantitative estimate of drug-likeness (QED) is 0.463. The smallest absolute Gasteiger partial charge is 0.322 e. The summed E-state index contributed by atoms with van der Waals surface area (Å²) in [6.45, 7) is 3.20. The summed E-state index contributed by atoms with van der Waals surface area (Å²) in [5.41, 5.74) is 6.62. The molecule has 1 aromatic heterocycles. The normalized spacial score (nSPS) is 15.9. The highest BCUT2D eigenvalue weighted by Gasteiger charge is 2.47. The van der Waals surface area contributed by atoms with E-state index in [4.69, 9.17) is 4.98 Å². The van der Waals surface area contributed by atoms with Crippen molar-refractivity contribution in [1.29, 1.82) is 5.26 Å². The van der Waals surface area contributed by atoms with Gasteiger partial charge in [-0.1, -0.05) is 31.0 Å². The van der Waals surface area contributed by atoms with Crippen molar-refractivity contribution in [2.24, 2.45) is 0 Å². The predicted octanol–water partition coefficient (Wildman–Crippen LogP) is 6.19. The second-order valence-electron chi connectivity index (χ2n) is 9.29. The molecule has 6 heteroatoms. The van der Waals surface area contributed by atoms with Crippen LogP contribution in [-0.2, 0) is 12.0 Å². The van der Waals surface area contributed by atoms with Crippen molar-refractivity contribution in [2.75, 3.05) is 17.7 Å². The van der Waals surface area contributed by atoms with Crippen LogP contribution in [0.2, 0.25) is 0 Å². The number of hydrogen-bond acceptors (Lipinski definition) is 4. The fourth-order valence-electron chi connectivity index (χ4n) is 5.34. The Morgan fingerprint density at radius 1 is 1.15 bits per heavy atom. The van der Waals surface area contributed by atoms with Crippen LogP contribution < -0.4 is 10.2 Å². The van der Waals surface area contributed by atoms with Gasteiger partial charge in [-0.15, -0.1) is 11.8 Å². The Labute approximate surface area is 205 Å². The van der Waals surface area contributed by atoms with Crippen molar-refractivity contribution in [3.63, 3.8) is 0 Å². The molecule has 0 saturated heterocycles. The topological polar surface area (TPSA) is 69.0 Å². The van der Waals surface area contributed by atoms with Crippen LogP contribution in [0.5, 0.6) is 0 Å². The van der Waals surface area contributed by atoms with Crippen LogP contribution in [0.4, 0.5) is 10.5 Å². The minimum atomic E-state index is -0.0666. The highest BCUT2D eigenvalue weighted by molar-refractivity contribution is 7.98. The number of nitrogens with one attached hydrogen (secondary N) is 1. The second kappa shape index (κ2) is 9.15. The van der Waals surface area contributed by atoms with Crippen LogP contribution in [0.3, 0.4) is 0 Å². The van der Waals surface area contributed by atoms with Gasteiger partial charge in [0.2, 0.25) is 0 Å². The standard InChI is InChI=1S/C28H28N4OS/c1-19-15-21(16-29)7-10-23(19)24-11-12-25-26(31-24)28(13-3-4-14-28)18-32(25)27(33)30-17-20-5-8-22(34-2)9-6-20/h5-12,15H,3-4,13-14,17-18H2,1-2H3,(H,30,33). The molecule has 1 spiro atoms. The molecular weight excluding hydrogens is 440 g/mol. The lowest BCUT2D eigenvalue weighted by molar-refractivity contribution is 0.245. The maximum atomic E-state index is 13.3. The second-order valence-corrected chi connectivity index (χ2v) is 10.2. The van der Waals surface area contributed by atoms with Crippen LogP contribution in [0, 0.1) is 18.3 Å². The summed E-state index contributed by atoms with van der Waals surface area (Å²) in [5, 5.41) is 12.3. The predicted molar refractivity (Wildman–Crippen MR) is 137 cm³/mol. The molecule has 1 N–H and O–H groups in total. The Balaban J connectivity index is 1.42. The number of nitrogens with zero attached hydrogens (tertiary/aromatic N) is 3. The van der Waals surface area contributed by atoms with Gasteiger partial charge in [0, 0.05) is 29.0 Å². The van der Waals surface area contributed by atoms with Gasteiger partial charge in [0.25, 0.3) is 0 Å². The SMILES string of the molecule is CSc1ccc(CNC(=O)N2CC3(CCCC3)c3nc(-c4ccc(C#N)cc4C)ccc32)cc1. The molecule has 2 aliphatic rings. The summed E-state index contributed by atoms with van der Waals surface area (Å²) in [6, 6.07) is 20.2. The van der Waals surface area contributed by atoms with E-state index in [1.807, 2.05) is 36.1 Å². The number of urea groups is 1. The van der Waals surface area contributed by atoms with Crippen molar-refractivity contribution in [2.45, 2.75) is 49.5 Å². The summed E-state index contributed by atoms with van der Waals surface area (Å²) in [7, 11) is 0. The highest BCUT2D eigenvalue weighted by atomic mass is 32.2. The fraction of sp³-hybridized carbons (Fsp3) is 0.321. The number of anilines is 1. The first-order chi connectivity index (χ1) is 16.5. The third-order valence-electron chi connectivity index (χ3n) is 7.17. The summed E-state index contributed by atoms with van der Waals surface area (Å²) < 4.78 is 0. The molecule has 0 unspecified atom stereocenters. The molecule has 34 heavy (non-hydrogen) atoms. The third-order valence-corrected chi connectivity index (χ3v) is 7.91. The number of hydrogen-bond donors (Lipinski definition) is 1. The molecule has 0 atom stereocenters. The molecule has 172 valence electrons. The average Bonchev–Trinajstić information content (AvgIpc) is 3.48. The molecule has 0 radical (unpaired) electrons. The van der Waals surface area contributed by atoms with Gasteiger partial charge in [-0.25, -0.2) is 9.78 Å². The van der Waals surface area contributed by atoms with Crippen LogP contribution in [-0.4, -0.2) is 23.8 Å². The van der Waals surface area contributed by atoms with Crippen LogP contribution in [0.1, 0.15) is 48.1 Å². The van der Waals surface area contributed by atoms with E-state index >= 15 is 0 Å².